The lowest BCUT2D eigenvalue weighted by Crippen LogP contribution is -2.36. The van der Waals surface area contributed by atoms with Crippen LogP contribution in [-0.2, 0) is 6.54 Å². The van der Waals surface area contributed by atoms with Gasteiger partial charge in [-0.05, 0) is 42.3 Å². The Morgan fingerprint density at radius 3 is 2.32 bits per heavy atom. The summed E-state index contributed by atoms with van der Waals surface area (Å²) in [4.78, 5) is 0. The molecular formula is C20H28N2O3. The molecule has 4 N–H and O–H groups in total. The number of nitrogens with one attached hydrogen (secondary N) is 2. The first kappa shape index (κ1) is 19.1. The number of hydrogen-bond donors (Lipinski definition) is 4. The van der Waals surface area contributed by atoms with Gasteiger partial charge in [-0.3, -0.25) is 0 Å². The molecule has 0 saturated heterocycles. The van der Waals surface area contributed by atoms with Crippen molar-refractivity contribution in [3.63, 3.8) is 0 Å². The van der Waals surface area contributed by atoms with Crippen LogP contribution in [0.4, 0.5) is 5.69 Å². The number of aliphatic hydroxyl groups is 1. The summed E-state index contributed by atoms with van der Waals surface area (Å²) in [6, 6.07) is 13.1. The number of methoxy groups -OCH3 is 1. The van der Waals surface area contributed by atoms with Gasteiger partial charge in [-0.2, -0.15) is 0 Å². The standard InChI is InChI=1S/C20H28N2O3/c1-13(2)22-14(3)20(24)16-7-10-19(23)18(11-16)21-12-15-5-8-17(25-4)9-6-15/h5-11,13-14,20-24H,12H2,1-4H3. The third-order valence-corrected chi connectivity index (χ3v) is 4.07. The fourth-order valence-electron chi connectivity index (χ4n) is 2.73. The highest BCUT2D eigenvalue weighted by atomic mass is 16.5. The maximum atomic E-state index is 10.5. The van der Waals surface area contributed by atoms with Crippen molar-refractivity contribution in [1.29, 1.82) is 0 Å². The van der Waals surface area contributed by atoms with Crippen molar-refractivity contribution in [3.05, 3.63) is 53.6 Å². The van der Waals surface area contributed by atoms with Gasteiger partial charge in [-0.1, -0.05) is 32.0 Å². The van der Waals surface area contributed by atoms with E-state index in [4.69, 9.17) is 4.74 Å². The number of aromatic hydroxyl groups is 1. The molecule has 0 radical (unpaired) electrons. The molecular weight excluding hydrogens is 316 g/mol. The van der Waals surface area contributed by atoms with Crippen LogP contribution in [-0.4, -0.2) is 29.4 Å². The molecule has 25 heavy (non-hydrogen) atoms. The van der Waals surface area contributed by atoms with Crippen LogP contribution in [0.1, 0.15) is 38.0 Å². The summed E-state index contributed by atoms with van der Waals surface area (Å²) in [6.07, 6.45) is -0.649. The van der Waals surface area contributed by atoms with Gasteiger partial charge in [0.25, 0.3) is 0 Å². The van der Waals surface area contributed by atoms with E-state index in [-0.39, 0.29) is 17.8 Å². The predicted molar refractivity (Wildman–Crippen MR) is 101 cm³/mol. The van der Waals surface area contributed by atoms with Crippen molar-refractivity contribution >= 4 is 5.69 Å². The number of ether oxygens (including phenoxy) is 1. The second kappa shape index (κ2) is 8.74. The SMILES string of the molecule is COc1ccc(CNc2cc(C(O)C(C)NC(C)C)ccc2O)cc1. The van der Waals surface area contributed by atoms with Gasteiger partial charge in [0.05, 0.1) is 18.9 Å². The minimum atomic E-state index is -0.649. The largest absolute Gasteiger partial charge is 0.506 e. The maximum absolute atomic E-state index is 10.5. The molecule has 2 aromatic carbocycles. The summed E-state index contributed by atoms with van der Waals surface area (Å²) < 4.78 is 5.15. The smallest absolute Gasteiger partial charge is 0.138 e. The van der Waals surface area contributed by atoms with Crippen molar-refractivity contribution < 1.29 is 14.9 Å². The van der Waals surface area contributed by atoms with E-state index in [1.165, 1.54) is 0 Å². The number of benzene rings is 2. The predicted octanol–water partition coefficient (Wildman–Crippen LogP) is 3.43. The van der Waals surface area contributed by atoms with Crippen LogP contribution >= 0.6 is 0 Å². The Balaban J connectivity index is 2.07. The minimum Gasteiger partial charge on any atom is -0.506 e. The van der Waals surface area contributed by atoms with Gasteiger partial charge in [-0.15, -0.1) is 0 Å². The molecule has 0 aliphatic carbocycles. The molecule has 5 nitrogen and oxygen atoms in total. The van der Waals surface area contributed by atoms with Gasteiger partial charge >= 0.3 is 0 Å². The Kier molecular flexibility index (Phi) is 6.67. The van der Waals surface area contributed by atoms with E-state index >= 15 is 0 Å². The molecule has 5 heteroatoms. The molecule has 2 rings (SSSR count). The number of anilines is 1. The molecule has 2 atom stereocenters. The van der Waals surface area contributed by atoms with Crippen molar-refractivity contribution in [1.82, 2.24) is 5.32 Å². The Hall–Kier alpha value is -2.24. The van der Waals surface area contributed by atoms with Gasteiger partial charge in [0, 0.05) is 18.6 Å². The summed E-state index contributed by atoms with van der Waals surface area (Å²) in [5.41, 5.74) is 2.43. The van der Waals surface area contributed by atoms with Crippen molar-refractivity contribution in [2.45, 2.75) is 45.5 Å². The summed E-state index contributed by atoms with van der Waals surface area (Å²) in [5.74, 6) is 0.970. The van der Waals surface area contributed by atoms with Crippen molar-refractivity contribution in [2.24, 2.45) is 0 Å². The topological polar surface area (TPSA) is 73.8 Å². The zero-order valence-electron chi connectivity index (χ0n) is 15.3. The highest BCUT2D eigenvalue weighted by molar-refractivity contribution is 5.58. The van der Waals surface area contributed by atoms with Crippen LogP contribution < -0.4 is 15.4 Å². The number of aliphatic hydroxyl groups excluding tert-OH is 1. The van der Waals surface area contributed by atoms with E-state index in [0.29, 0.717) is 12.2 Å². The first-order valence-corrected chi connectivity index (χ1v) is 8.54. The van der Waals surface area contributed by atoms with E-state index < -0.39 is 6.10 Å². The quantitative estimate of drug-likeness (QED) is 0.552. The molecule has 2 unspecified atom stereocenters. The number of phenols is 1. The fourth-order valence-corrected chi connectivity index (χ4v) is 2.73. The lowest BCUT2D eigenvalue weighted by atomic mass is 10.0. The molecule has 0 bridgehead atoms. The molecule has 0 aliphatic heterocycles. The highest BCUT2D eigenvalue weighted by Crippen LogP contribution is 2.29. The molecule has 0 saturated carbocycles. The number of rotatable bonds is 8. The van der Waals surface area contributed by atoms with Crippen LogP contribution in [0.2, 0.25) is 0 Å². The molecule has 2 aromatic rings. The average molecular weight is 344 g/mol. The Morgan fingerprint density at radius 1 is 1.04 bits per heavy atom. The van der Waals surface area contributed by atoms with Gasteiger partial charge < -0.3 is 25.6 Å². The van der Waals surface area contributed by atoms with E-state index in [1.54, 1.807) is 25.3 Å². The van der Waals surface area contributed by atoms with E-state index in [9.17, 15) is 10.2 Å². The molecule has 136 valence electrons. The average Bonchev–Trinajstić information content (AvgIpc) is 2.60. The Bertz CT molecular complexity index is 671. The molecule has 0 aromatic heterocycles. The van der Waals surface area contributed by atoms with Crippen LogP contribution in [0.3, 0.4) is 0 Å². The van der Waals surface area contributed by atoms with Crippen LogP contribution in [0.25, 0.3) is 0 Å². The second-order valence-electron chi connectivity index (χ2n) is 6.53. The van der Waals surface area contributed by atoms with E-state index in [0.717, 1.165) is 16.9 Å². The van der Waals surface area contributed by atoms with E-state index in [2.05, 4.69) is 10.6 Å². The lowest BCUT2D eigenvalue weighted by molar-refractivity contribution is 0.132. The van der Waals surface area contributed by atoms with Crippen LogP contribution in [0.15, 0.2) is 42.5 Å². The summed E-state index contributed by atoms with van der Waals surface area (Å²) in [5, 5.41) is 27.1. The van der Waals surface area contributed by atoms with Gasteiger partial charge in [0.1, 0.15) is 11.5 Å². The highest BCUT2D eigenvalue weighted by Gasteiger charge is 2.18. The molecule has 0 heterocycles. The Morgan fingerprint density at radius 2 is 1.72 bits per heavy atom. The molecule has 0 fully saturated rings. The third-order valence-electron chi connectivity index (χ3n) is 4.07. The molecule has 0 amide bonds. The zero-order valence-corrected chi connectivity index (χ0v) is 15.3. The zero-order chi connectivity index (χ0) is 18.4. The monoisotopic (exact) mass is 344 g/mol. The summed E-state index contributed by atoms with van der Waals surface area (Å²) in [7, 11) is 1.64. The Labute approximate surface area is 149 Å². The molecule has 0 spiro atoms. The lowest BCUT2D eigenvalue weighted by Gasteiger charge is -2.23. The van der Waals surface area contributed by atoms with Crippen molar-refractivity contribution in [2.75, 3.05) is 12.4 Å². The summed E-state index contributed by atoms with van der Waals surface area (Å²) >= 11 is 0. The first-order chi connectivity index (χ1) is 11.9. The number of hydrogen-bond acceptors (Lipinski definition) is 5. The van der Waals surface area contributed by atoms with Crippen molar-refractivity contribution in [3.8, 4) is 11.5 Å². The third kappa shape index (κ3) is 5.37. The molecule has 0 aliphatic rings. The minimum absolute atomic E-state index is 0.0843. The normalized spacial score (nSPS) is 13.5. The van der Waals surface area contributed by atoms with Crippen LogP contribution in [0.5, 0.6) is 11.5 Å². The van der Waals surface area contributed by atoms with E-state index in [1.807, 2.05) is 45.0 Å². The fraction of sp³-hybridized carbons (Fsp3) is 0.400. The summed E-state index contributed by atoms with van der Waals surface area (Å²) in [6.45, 7) is 6.60. The first-order valence-electron chi connectivity index (χ1n) is 8.54. The van der Waals surface area contributed by atoms with Gasteiger partial charge in [0.2, 0.25) is 0 Å². The maximum Gasteiger partial charge on any atom is 0.138 e. The van der Waals surface area contributed by atoms with Gasteiger partial charge in [-0.25, -0.2) is 0 Å². The second-order valence-corrected chi connectivity index (χ2v) is 6.53. The number of phenolic OH excluding ortho intramolecular Hbond substituents is 1. The van der Waals surface area contributed by atoms with Gasteiger partial charge in [0.15, 0.2) is 0 Å². The van der Waals surface area contributed by atoms with Crippen LogP contribution in [0, 0.1) is 0 Å².